The largest absolute Gasteiger partial charge is 0.494 e. The second-order valence-electron chi connectivity index (χ2n) is 18.1. The fraction of sp³-hybridized carbons (Fsp3) is 0.593. The van der Waals surface area contributed by atoms with E-state index in [1.54, 1.807) is 42.0 Å². The molecule has 7 atom stereocenters. The molecule has 0 spiro atoms. The van der Waals surface area contributed by atoms with Crippen LogP contribution in [0.3, 0.4) is 0 Å². The number of esters is 1. The Balaban J connectivity index is 0.000000492. The molecule has 6 nitrogen and oxygen atoms in total. The first kappa shape index (κ1) is 57.0. The molecule has 0 saturated heterocycles. The van der Waals surface area contributed by atoms with Crippen molar-refractivity contribution in [2.24, 2.45) is 34.5 Å². The monoisotopic (exact) mass is 917 g/mol. The molecule has 6 rings (SSSR count). The normalized spacial score (nSPS) is 25.6. The Bertz CT molecular complexity index is 1750. The van der Waals surface area contributed by atoms with Gasteiger partial charge in [-0.2, -0.15) is 0 Å². The first-order valence-corrected chi connectivity index (χ1v) is 24.3. The first-order chi connectivity index (χ1) is 28.6. The summed E-state index contributed by atoms with van der Waals surface area (Å²) in [4.78, 5) is 23.2. The number of rotatable bonds is 13. The van der Waals surface area contributed by atoms with Crippen molar-refractivity contribution in [3.05, 3.63) is 107 Å². The fourth-order valence-electron chi connectivity index (χ4n) is 9.27. The van der Waals surface area contributed by atoms with Gasteiger partial charge in [0.25, 0.3) is 0 Å². The van der Waals surface area contributed by atoms with Crippen LogP contribution >= 0.6 is 0 Å². The van der Waals surface area contributed by atoms with E-state index in [1.165, 1.54) is 48.8 Å². The van der Waals surface area contributed by atoms with Crippen LogP contribution in [0.4, 0.5) is 0 Å². The Kier molecular flexibility index (Phi) is 25.8. The topological polar surface area (TPSA) is 82.1 Å². The van der Waals surface area contributed by atoms with Crippen molar-refractivity contribution in [2.75, 3.05) is 13.2 Å². The number of carbonyl (C=O) groups excluding carboxylic acids is 1. The van der Waals surface area contributed by atoms with Gasteiger partial charge in [0.05, 0.1) is 24.3 Å². The van der Waals surface area contributed by atoms with E-state index in [2.05, 4.69) is 80.7 Å². The number of benzene rings is 2. The Labute approximate surface area is 396 Å². The van der Waals surface area contributed by atoms with Gasteiger partial charge < -0.3 is 19.3 Å². The predicted molar refractivity (Wildman–Crippen MR) is 258 cm³/mol. The van der Waals surface area contributed by atoms with Crippen LogP contribution in [0.1, 0.15) is 167 Å². The number of carboxylic acid groups (broad SMARTS) is 1. The molecule has 348 valence electrons. The first-order valence-electron chi connectivity index (χ1n) is 22.9. The van der Waals surface area contributed by atoms with E-state index in [0.29, 0.717) is 36.0 Å². The molecule has 2 saturated carbocycles. The molecule has 0 aromatic heterocycles. The third-order valence-electron chi connectivity index (χ3n) is 13.8. The van der Waals surface area contributed by atoms with Crippen LogP contribution in [0.2, 0.25) is 5.79 Å². The molecule has 1 N–H and O–H groups in total. The van der Waals surface area contributed by atoms with Gasteiger partial charge in [-0.1, -0.05) is 103 Å². The molecule has 62 heavy (non-hydrogen) atoms. The third kappa shape index (κ3) is 16.2. The van der Waals surface area contributed by atoms with Crippen molar-refractivity contribution >= 4 is 28.2 Å². The minimum Gasteiger partial charge on any atom is -0.494 e. The Morgan fingerprint density at radius 2 is 1.19 bits per heavy atom. The molecular weight excluding hydrogens is 835 g/mol. The molecular formula is C54H82AlCuO6. The van der Waals surface area contributed by atoms with E-state index in [9.17, 15) is 9.59 Å². The summed E-state index contributed by atoms with van der Waals surface area (Å²) in [6.07, 6.45) is 19.8. The molecule has 0 heterocycles. The van der Waals surface area contributed by atoms with E-state index in [0.717, 1.165) is 74.7 Å². The molecule has 0 unspecified atom stereocenters. The number of aromatic carboxylic acids is 1. The molecule has 4 aliphatic carbocycles. The van der Waals surface area contributed by atoms with Gasteiger partial charge in [-0.05, 0) is 174 Å². The van der Waals surface area contributed by atoms with Gasteiger partial charge in [-0.3, -0.25) is 0 Å². The fourth-order valence-corrected chi connectivity index (χ4v) is 9.27. The number of ether oxygens (including phenoxy) is 3. The molecule has 4 aliphatic rings. The van der Waals surface area contributed by atoms with Crippen molar-refractivity contribution in [3.63, 3.8) is 0 Å². The van der Waals surface area contributed by atoms with Gasteiger partial charge >= 0.3 is 11.9 Å². The van der Waals surface area contributed by atoms with E-state index in [4.69, 9.17) is 19.3 Å². The Hall–Kier alpha value is -3.01. The number of hydrogen-bond acceptors (Lipinski definition) is 5. The average Bonchev–Trinajstić information content (AvgIpc) is 3.23. The summed E-state index contributed by atoms with van der Waals surface area (Å²) in [5.74, 6) is 5.11. The quantitative estimate of drug-likeness (QED) is 0.0933. The summed E-state index contributed by atoms with van der Waals surface area (Å²) in [6.45, 7) is 27.9. The van der Waals surface area contributed by atoms with Crippen molar-refractivity contribution < 1.29 is 46.0 Å². The number of fused-ring (bicyclic) bond motifs is 2. The van der Waals surface area contributed by atoms with Gasteiger partial charge in [-0.15, -0.1) is 5.79 Å². The summed E-state index contributed by atoms with van der Waals surface area (Å²) in [6, 6.07) is 13.7. The van der Waals surface area contributed by atoms with E-state index in [-0.39, 0.29) is 47.5 Å². The van der Waals surface area contributed by atoms with Crippen LogP contribution in [0.25, 0.3) is 0 Å². The number of hydrogen-bond donors (Lipinski definition) is 1. The SMILES string of the molecule is C.C=C(C)[C@@H]1CCC2=CCC[C@@H](C)[C@]2(C)C1.C=C(C)[C@@H]1CCC2=C[C@H](OC(=O)c3ccc(OCCCC)cc3)C[C@@H](C)[C@]2(C)C1.CCCCOc1ccc(C(=O)O)cc1.[CH3][AlH].[Cu]. The van der Waals surface area contributed by atoms with Crippen LogP contribution in [0, 0.1) is 34.5 Å². The van der Waals surface area contributed by atoms with Crippen molar-refractivity contribution in [1.29, 1.82) is 0 Å². The van der Waals surface area contributed by atoms with Crippen LogP contribution in [-0.2, 0) is 21.8 Å². The van der Waals surface area contributed by atoms with Crippen molar-refractivity contribution in [1.82, 2.24) is 0 Å². The maximum Gasteiger partial charge on any atom is 0.338 e. The van der Waals surface area contributed by atoms with Crippen LogP contribution in [-0.4, -0.2) is 52.7 Å². The van der Waals surface area contributed by atoms with E-state index in [1.807, 2.05) is 34.2 Å². The zero-order valence-corrected chi connectivity index (χ0v) is 41.5. The van der Waals surface area contributed by atoms with Crippen LogP contribution in [0.5, 0.6) is 11.5 Å². The van der Waals surface area contributed by atoms with E-state index < -0.39 is 5.97 Å². The molecule has 0 aliphatic heterocycles. The average molecular weight is 918 g/mol. The van der Waals surface area contributed by atoms with Crippen molar-refractivity contribution in [3.8, 4) is 11.5 Å². The Morgan fingerprint density at radius 1 is 0.742 bits per heavy atom. The van der Waals surface area contributed by atoms with Gasteiger partial charge in [0.1, 0.15) is 17.6 Å². The minimum absolute atomic E-state index is 0. The zero-order chi connectivity index (χ0) is 44.5. The van der Waals surface area contributed by atoms with Gasteiger partial charge in [0.2, 0.25) is 0 Å². The van der Waals surface area contributed by atoms with Crippen LogP contribution < -0.4 is 9.47 Å². The number of carbonyl (C=O) groups is 2. The predicted octanol–water partition coefficient (Wildman–Crippen LogP) is 14.6. The summed E-state index contributed by atoms with van der Waals surface area (Å²) in [5.41, 5.74) is 7.46. The van der Waals surface area contributed by atoms with Gasteiger partial charge in [0.15, 0.2) is 16.3 Å². The summed E-state index contributed by atoms with van der Waals surface area (Å²) in [5, 5.41) is 8.65. The standard InChI is InChI=1S/C26H36O3.C15H24.C11H14O3.CH4.CH3.Al.Cu.H/c1-6-7-14-28-23-12-9-20(10-13-23)25(27)29-24-15-19(4)26(5)17-21(18(2)3)8-11-22(26)16-24;1-11(2)13-8-9-14-7-5-6-12(3)15(14,4)10-13;1-2-3-8-14-10-6-4-9(5-7-10)11(12)13;;;;;/h9-10,12-13,16,19,21,24H,2,6-8,11,14-15,17H2,1,3-5H3;7,12-13H,1,5-6,8-10H2,2-4H3;4-7H,2-3,8H2,1H3,(H,12,13);1H4;1H3;;;/t19-,21-,24-,26+;12-,13-,15+;;;;;;/m11....../s1. The minimum atomic E-state index is -0.912. The zero-order valence-electron chi connectivity index (χ0n) is 39.2. The number of carboxylic acids is 1. The molecule has 0 bridgehead atoms. The summed E-state index contributed by atoms with van der Waals surface area (Å²) in [7, 11) is 0. The second kappa shape index (κ2) is 28.0. The molecule has 2 aromatic carbocycles. The molecule has 0 amide bonds. The maximum atomic E-state index is 12.7. The van der Waals surface area contributed by atoms with Gasteiger partial charge in [-0.25, -0.2) is 9.59 Å². The second-order valence-corrected chi connectivity index (χ2v) is 18.1. The summed E-state index contributed by atoms with van der Waals surface area (Å²) >= 11 is 1.86. The number of unbranched alkanes of at least 4 members (excludes halogenated alkanes) is 2. The third-order valence-corrected chi connectivity index (χ3v) is 13.8. The Morgan fingerprint density at radius 3 is 1.65 bits per heavy atom. The van der Waals surface area contributed by atoms with E-state index >= 15 is 0 Å². The van der Waals surface area contributed by atoms with Crippen molar-refractivity contribution in [2.45, 2.75) is 158 Å². The smallest absolute Gasteiger partial charge is 0.338 e. The number of allylic oxidation sites excluding steroid dienone is 5. The molecule has 2 radical (unpaired) electrons. The van der Waals surface area contributed by atoms with Crippen LogP contribution in [0.15, 0.2) is 96.1 Å². The maximum absolute atomic E-state index is 12.7. The molecule has 2 aromatic rings. The molecule has 8 heteroatoms. The van der Waals surface area contributed by atoms with Gasteiger partial charge in [0, 0.05) is 17.1 Å². The summed E-state index contributed by atoms with van der Waals surface area (Å²) < 4.78 is 16.9. The molecule has 2 fully saturated rings.